The molecule has 2 aromatic rings. The van der Waals surface area contributed by atoms with E-state index >= 15 is 0 Å². The molecule has 1 fully saturated rings. The molecule has 2 heterocycles. The van der Waals surface area contributed by atoms with Crippen LogP contribution in [0.4, 0.5) is 8.78 Å². The number of hydrogen-bond acceptors (Lipinski definition) is 4. The van der Waals surface area contributed by atoms with Crippen LogP contribution in [-0.2, 0) is 5.54 Å². The number of aliphatic hydroxyl groups is 1. The monoisotopic (exact) mass is 361 g/mol. The molecule has 0 spiro atoms. The third-order valence-corrected chi connectivity index (χ3v) is 5.08. The first-order valence-electron chi connectivity index (χ1n) is 8.37. The largest absolute Gasteiger partial charge is 0.389 e. The van der Waals surface area contributed by atoms with Gasteiger partial charge in [-0.1, -0.05) is 30.3 Å². The molecule has 3 rings (SSSR count). The third-order valence-electron chi connectivity index (χ3n) is 5.08. The van der Waals surface area contributed by atoms with Crippen molar-refractivity contribution in [3.05, 3.63) is 65.5 Å². The second-order valence-electron chi connectivity index (χ2n) is 6.69. The lowest BCUT2D eigenvalue weighted by Gasteiger charge is -2.49. The van der Waals surface area contributed by atoms with Crippen LogP contribution in [0.1, 0.15) is 22.5 Å². The lowest BCUT2D eigenvalue weighted by atomic mass is 9.77. The second kappa shape index (κ2) is 7.09. The zero-order chi connectivity index (χ0) is 18.9. The van der Waals surface area contributed by atoms with Gasteiger partial charge < -0.3 is 10.0 Å². The van der Waals surface area contributed by atoms with Crippen molar-refractivity contribution in [1.29, 1.82) is 0 Å². The van der Waals surface area contributed by atoms with Gasteiger partial charge in [-0.2, -0.15) is 0 Å². The van der Waals surface area contributed by atoms with E-state index in [2.05, 4.69) is 4.98 Å². The number of β-amino-alcohol motifs (C(OH)–C–C–N with tert-alkyl or cyclic N) is 1. The van der Waals surface area contributed by atoms with Gasteiger partial charge in [0.2, 0.25) is 0 Å². The van der Waals surface area contributed by atoms with Crippen LogP contribution in [-0.4, -0.2) is 59.1 Å². The number of carbonyl (C=O) groups is 1. The Labute approximate surface area is 150 Å². The van der Waals surface area contributed by atoms with E-state index in [4.69, 9.17) is 0 Å². The average Bonchev–Trinajstić information content (AvgIpc) is 2.61. The van der Waals surface area contributed by atoms with Crippen molar-refractivity contribution in [1.82, 2.24) is 14.8 Å². The van der Waals surface area contributed by atoms with Crippen LogP contribution in [0.5, 0.6) is 0 Å². The van der Waals surface area contributed by atoms with Crippen LogP contribution in [0.15, 0.2) is 42.6 Å². The molecule has 1 aromatic heterocycles. The Morgan fingerprint density at radius 3 is 2.58 bits per heavy atom. The van der Waals surface area contributed by atoms with Gasteiger partial charge >= 0.3 is 0 Å². The minimum Gasteiger partial charge on any atom is -0.389 e. The summed E-state index contributed by atoms with van der Waals surface area (Å²) in [6.45, 7) is 0.353. The number of likely N-dealkylation sites (N-methyl/N-ethyl adjacent to an activating group) is 1. The summed E-state index contributed by atoms with van der Waals surface area (Å²) in [5.41, 5.74) is -0.126. The van der Waals surface area contributed by atoms with Gasteiger partial charge in [0, 0.05) is 19.2 Å². The van der Waals surface area contributed by atoms with Gasteiger partial charge in [0.05, 0.1) is 17.8 Å². The molecule has 7 heteroatoms. The summed E-state index contributed by atoms with van der Waals surface area (Å²) in [6, 6.07) is 10.2. The van der Waals surface area contributed by atoms with E-state index in [9.17, 15) is 18.7 Å². The fourth-order valence-electron chi connectivity index (χ4n) is 3.67. The number of rotatable bonds is 3. The van der Waals surface area contributed by atoms with Gasteiger partial charge in [0.25, 0.3) is 5.91 Å². The lowest BCUT2D eigenvalue weighted by molar-refractivity contribution is -0.0614. The van der Waals surface area contributed by atoms with Crippen LogP contribution in [0.3, 0.4) is 0 Å². The summed E-state index contributed by atoms with van der Waals surface area (Å²) in [5, 5.41) is 10.9. The van der Waals surface area contributed by atoms with E-state index < -0.39 is 34.9 Å². The van der Waals surface area contributed by atoms with Crippen molar-refractivity contribution in [2.24, 2.45) is 0 Å². The summed E-state index contributed by atoms with van der Waals surface area (Å²) in [6.07, 6.45) is 0.408. The van der Waals surface area contributed by atoms with Crippen LogP contribution >= 0.6 is 0 Å². The first kappa shape index (κ1) is 18.4. The van der Waals surface area contributed by atoms with Gasteiger partial charge in [-0.15, -0.1) is 0 Å². The number of piperidine rings is 1. The standard InChI is InChI=1S/C19H21F2N3O2/c1-23(2)19(13-6-4-3-5-7-13)8-9-24(12-16(19)25)18(26)17-15(21)10-14(20)11-22-17/h3-7,10-11,16,25H,8-9,12H2,1-2H3/t16-,19+/m1/s1. The zero-order valence-corrected chi connectivity index (χ0v) is 14.7. The molecule has 26 heavy (non-hydrogen) atoms. The molecule has 5 nitrogen and oxygen atoms in total. The molecule has 1 aliphatic heterocycles. The maximum absolute atomic E-state index is 13.9. The molecule has 0 unspecified atom stereocenters. The number of hydrogen-bond donors (Lipinski definition) is 1. The fourth-order valence-corrected chi connectivity index (χ4v) is 3.67. The molecule has 1 N–H and O–H groups in total. The Hall–Kier alpha value is -2.38. The molecule has 1 amide bonds. The number of carbonyl (C=O) groups excluding carboxylic acids is 1. The van der Waals surface area contributed by atoms with E-state index in [0.29, 0.717) is 19.0 Å². The van der Waals surface area contributed by atoms with Crippen LogP contribution in [0, 0.1) is 11.6 Å². The summed E-state index contributed by atoms with van der Waals surface area (Å²) in [7, 11) is 3.77. The number of benzene rings is 1. The Morgan fingerprint density at radius 1 is 1.31 bits per heavy atom. The minimum absolute atomic E-state index is 0.0321. The zero-order valence-electron chi connectivity index (χ0n) is 14.7. The Kier molecular flexibility index (Phi) is 5.02. The number of aliphatic hydroxyl groups excluding tert-OH is 1. The van der Waals surface area contributed by atoms with Crippen molar-refractivity contribution < 1.29 is 18.7 Å². The van der Waals surface area contributed by atoms with E-state index in [1.807, 2.05) is 49.3 Å². The number of amides is 1. The van der Waals surface area contributed by atoms with Gasteiger partial charge in [0.1, 0.15) is 5.82 Å². The number of nitrogens with zero attached hydrogens (tertiary/aromatic N) is 3. The molecule has 1 aromatic carbocycles. The quantitative estimate of drug-likeness (QED) is 0.909. The predicted molar refractivity (Wildman–Crippen MR) is 92.5 cm³/mol. The summed E-state index contributed by atoms with van der Waals surface area (Å²) >= 11 is 0. The first-order chi connectivity index (χ1) is 12.4. The van der Waals surface area contributed by atoms with Crippen molar-refractivity contribution in [2.45, 2.75) is 18.1 Å². The van der Waals surface area contributed by atoms with Crippen LogP contribution < -0.4 is 0 Å². The van der Waals surface area contributed by atoms with E-state index in [1.165, 1.54) is 4.90 Å². The van der Waals surface area contributed by atoms with Gasteiger partial charge in [-0.3, -0.25) is 9.69 Å². The molecular weight excluding hydrogens is 340 g/mol. The van der Waals surface area contributed by atoms with Gasteiger partial charge in [-0.05, 0) is 26.1 Å². The number of halogens is 2. The highest BCUT2D eigenvalue weighted by Crippen LogP contribution is 2.37. The van der Waals surface area contributed by atoms with Crippen molar-refractivity contribution in [3.63, 3.8) is 0 Å². The number of aromatic nitrogens is 1. The van der Waals surface area contributed by atoms with Crippen molar-refractivity contribution in [3.8, 4) is 0 Å². The molecule has 2 atom stereocenters. The lowest BCUT2D eigenvalue weighted by Crippen LogP contribution is -2.61. The van der Waals surface area contributed by atoms with Crippen molar-refractivity contribution in [2.75, 3.05) is 27.2 Å². The van der Waals surface area contributed by atoms with Crippen molar-refractivity contribution >= 4 is 5.91 Å². The molecule has 0 saturated carbocycles. The molecule has 0 radical (unpaired) electrons. The highest BCUT2D eigenvalue weighted by Gasteiger charge is 2.46. The fraction of sp³-hybridized carbons (Fsp3) is 0.368. The SMILES string of the molecule is CN(C)[C@]1(c2ccccc2)CCN(C(=O)c2ncc(F)cc2F)C[C@H]1O. The maximum Gasteiger partial charge on any atom is 0.275 e. The Bertz CT molecular complexity index is 801. The summed E-state index contributed by atoms with van der Waals surface area (Å²) in [4.78, 5) is 19.5. The topological polar surface area (TPSA) is 56.7 Å². The van der Waals surface area contributed by atoms with E-state index in [1.54, 1.807) is 0 Å². The summed E-state index contributed by atoms with van der Waals surface area (Å²) < 4.78 is 26.9. The second-order valence-corrected chi connectivity index (χ2v) is 6.69. The average molecular weight is 361 g/mol. The highest BCUT2D eigenvalue weighted by molar-refractivity contribution is 5.92. The summed E-state index contributed by atoms with van der Waals surface area (Å²) in [5.74, 6) is -2.49. The highest BCUT2D eigenvalue weighted by atomic mass is 19.1. The number of pyridine rings is 1. The molecular formula is C19H21F2N3O2. The van der Waals surface area contributed by atoms with E-state index in [-0.39, 0.29) is 6.54 Å². The normalized spacial score (nSPS) is 23.3. The predicted octanol–water partition coefficient (Wildman–Crippen LogP) is 2.02. The van der Waals surface area contributed by atoms with Crippen LogP contribution in [0.25, 0.3) is 0 Å². The Balaban J connectivity index is 1.86. The molecule has 1 saturated heterocycles. The first-order valence-corrected chi connectivity index (χ1v) is 8.37. The molecule has 0 aliphatic carbocycles. The number of likely N-dealkylation sites (tertiary alicyclic amines) is 1. The maximum atomic E-state index is 13.9. The van der Waals surface area contributed by atoms with Gasteiger partial charge in [-0.25, -0.2) is 13.8 Å². The molecule has 0 bridgehead atoms. The van der Waals surface area contributed by atoms with Crippen LogP contribution in [0.2, 0.25) is 0 Å². The third kappa shape index (κ3) is 3.08. The smallest absolute Gasteiger partial charge is 0.275 e. The van der Waals surface area contributed by atoms with Gasteiger partial charge in [0.15, 0.2) is 11.5 Å². The molecule has 1 aliphatic rings. The Morgan fingerprint density at radius 2 is 2.00 bits per heavy atom. The minimum atomic E-state index is -1.00. The molecule has 138 valence electrons. The van der Waals surface area contributed by atoms with E-state index in [0.717, 1.165) is 11.8 Å².